The molecule has 24 heavy (non-hydrogen) atoms. The third kappa shape index (κ3) is 6.61. The predicted octanol–water partition coefficient (Wildman–Crippen LogP) is 0.671. The van der Waals surface area contributed by atoms with Gasteiger partial charge in [0.15, 0.2) is 6.10 Å². The van der Waals surface area contributed by atoms with Gasteiger partial charge in [-0.15, -0.1) is 0 Å². The van der Waals surface area contributed by atoms with Crippen LogP contribution in [-0.4, -0.2) is 44.1 Å². The van der Waals surface area contributed by atoms with Crippen LogP contribution in [0.2, 0.25) is 10.0 Å². The van der Waals surface area contributed by atoms with Crippen LogP contribution >= 0.6 is 23.2 Å². The first-order valence-electron chi connectivity index (χ1n) is 6.83. The Labute approximate surface area is 148 Å². The number of nitrogens with one attached hydrogen (secondary N) is 3. The summed E-state index contributed by atoms with van der Waals surface area (Å²) in [5.74, 6) is -2.33. The van der Waals surface area contributed by atoms with Gasteiger partial charge in [-0.25, -0.2) is 0 Å². The molecule has 132 valence electrons. The Morgan fingerprint density at radius 2 is 1.88 bits per heavy atom. The largest absolute Gasteiger partial charge is 0.479 e. The highest BCUT2D eigenvalue weighted by Crippen LogP contribution is 2.28. The Balaban J connectivity index is 2.43. The maximum absolute atomic E-state index is 11.8. The van der Waals surface area contributed by atoms with Crippen LogP contribution in [0.3, 0.4) is 0 Å². The van der Waals surface area contributed by atoms with E-state index in [-0.39, 0.29) is 23.9 Å². The van der Waals surface area contributed by atoms with Crippen molar-refractivity contribution < 1.29 is 23.9 Å². The van der Waals surface area contributed by atoms with Crippen LogP contribution in [0.5, 0.6) is 5.75 Å². The van der Waals surface area contributed by atoms with E-state index in [1.54, 1.807) is 6.07 Å². The van der Waals surface area contributed by atoms with Gasteiger partial charge < -0.3 is 14.8 Å². The zero-order chi connectivity index (χ0) is 18.1. The zero-order valence-electron chi connectivity index (χ0n) is 13.0. The molecule has 0 heterocycles. The topological polar surface area (TPSA) is 106 Å². The third-order valence-electron chi connectivity index (χ3n) is 2.66. The summed E-state index contributed by atoms with van der Waals surface area (Å²) in [4.78, 5) is 34.7. The molecule has 1 aromatic rings. The van der Waals surface area contributed by atoms with Gasteiger partial charge in [0.05, 0.1) is 11.6 Å². The molecule has 8 nitrogen and oxygen atoms in total. The summed E-state index contributed by atoms with van der Waals surface area (Å²) in [5, 5.41) is 2.97. The Morgan fingerprint density at radius 3 is 2.50 bits per heavy atom. The molecule has 3 N–H and O–H groups in total. The van der Waals surface area contributed by atoms with E-state index in [0.717, 1.165) is 0 Å². The van der Waals surface area contributed by atoms with Crippen LogP contribution in [0.4, 0.5) is 0 Å². The van der Waals surface area contributed by atoms with Gasteiger partial charge in [-0.3, -0.25) is 25.2 Å². The van der Waals surface area contributed by atoms with Crippen molar-refractivity contribution >= 4 is 40.9 Å². The summed E-state index contributed by atoms with van der Waals surface area (Å²) >= 11 is 11.7. The fourth-order valence-corrected chi connectivity index (χ4v) is 1.89. The fourth-order valence-electron chi connectivity index (χ4n) is 1.44. The van der Waals surface area contributed by atoms with Crippen LogP contribution in [0.25, 0.3) is 0 Å². The molecule has 0 spiro atoms. The lowest BCUT2D eigenvalue weighted by Gasteiger charge is -2.16. The molecule has 3 amide bonds. The number of halogens is 2. The molecule has 0 aromatic heterocycles. The van der Waals surface area contributed by atoms with Crippen molar-refractivity contribution in [3.63, 3.8) is 0 Å². The first kappa shape index (κ1) is 20.0. The second kappa shape index (κ2) is 9.96. The number of methoxy groups -OCH3 is 1. The normalized spacial score (nSPS) is 11.3. The number of amides is 3. The van der Waals surface area contributed by atoms with Gasteiger partial charge in [0.2, 0.25) is 0 Å². The molecule has 0 aliphatic heterocycles. The van der Waals surface area contributed by atoms with Crippen molar-refractivity contribution in [3.8, 4) is 5.75 Å². The fraction of sp³-hybridized carbons (Fsp3) is 0.357. The molecule has 0 saturated carbocycles. The molecular formula is C14H17Cl2N3O5. The highest BCUT2D eigenvalue weighted by Gasteiger charge is 2.19. The van der Waals surface area contributed by atoms with Gasteiger partial charge in [0, 0.05) is 18.7 Å². The van der Waals surface area contributed by atoms with Gasteiger partial charge in [-0.1, -0.05) is 23.2 Å². The summed E-state index contributed by atoms with van der Waals surface area (Å²) in [6.07, 6.45) is -0.972. The predicted molar refractivity (Wildman–Crippen MR) is 87.7 cm³/mol. The molecule has 1 atom stereocenters. The van der Waals surface area contributed by atoms with Crippen molar-refractivity contribution in [2.24, 2.45) is 0 Å². The number of hydrogen-bond donors (Lipinski definition) is 3. The Hall–Kier alpha value is -2.03. The van der Waals surface area contributed by atoms with Crippen LogP contribution in [-0.2, 0) is 19.1 Å². The zero-order valence-corrected chi connectivity index (χ0v) is 14.5. The number of hydrazine groups is 1. The van der Waals surface area contributed by atoms with Gasteiger partial charge in [0.25, 0.3) is 5.91 Å². The minimum Gasteiger partial charge on any atom is -0.479 e. The van der Waals surface area contributed by atoms with E-state index in [4.69, 9.17) is 32.7 Å². The molecule has 0 unspecified atom stereocenters. The number of carbonyl (C=O) groups is 3. The number of carbonyl (C=O) groups excluding carboxylic acids is 3. The monoisotopic (exact) mass is 377 g/mol. The van der Waals surface area contributed by atoms with Gasteiger partial charge in [0.1, 0.15) is 5.75 Å². The molecule has 1 rings (SSSR count). The van der Waals surface area contributed by atoms with E-state index in [2.05, 4.69) is 10.7 Å². The van der Waals surface area contributed by atoms with Gasteiger partial charge in [-0.2, -0.15) is 0 Å². The van der Waals surface area contributed by atoms with Crippen LogP contribution in [0.15, 0.2) is 18.2 Å². The van der Waals surface area contributed by atoms with Crippen molar-refractivity contribution in [1.82, 2.24) is 16.2 Å². The first-order valence-corrected chi connectivity index (χ1v) is 7.59. The van der Waals surface area contributed by atoms with Gasteiger partial charge in [-0.05, 0) is 25.1 Å². The molecule has 0 bridgehead atoms. The number of rotatable bonds is 6. The van der Waals surface area contributed by atoms with Crippen LogP contribution in [0.1, 0.15) is 6.92 Å². The summed E-state index contributed by atoms with van der Waals surface area (Å²) in [6, 6.07) is 4.53. The van der Waals surface area contributed by atoms with Crippen molar-refractivity contribution in [1.29, 1.82) is 0 Å². The summed E-state index contributed by atoms with van der Waals surface area (Å²) < 4.78 is 10.1. The molecular weight excluding hydrogens is 361 g/mol. The second-order valence-corrected chi connectivity index (χ2v) is 5.37. The minimum atomic E-state index is -1.02. The molecule has 0 saturated heterocycles. The van der Waals surface area contributed by atoms with Gasteiger partial charge >= 0.3 is 11.8 Å². The minimum absolute atomic E-state index is 0.172. The molecule has 1 aromatic carbocycles. The maximum atomic E-state index is 11.8. The molecule has 0 radical (unpaired) electrons. The highest BCUT2D eigenvalue weighted by molar-refractivity contribution is 6.35. The molecule has 0 fully saturated rings. The average molecular weight is 378 g/mol. The summed E-state index contributed by atoms with van der Waals surface area (Å²) in [6.45, 7) is 1.88. The third-order valence-corrected chi connectivity index (χ3v) is 3.19. The lowest BCUT2D eigenvalue weighted by molar-refractivity contribution is -0.141. The Kier molecular flexibility index (Phi) is 8.31. The van der Waals surface area contributed by atoms with Crippen molar-refractivity contribution in [3.05, 3.63) is 28.2 Å². The number of ether oxygens (including phenoxy) is 2. The number of hydrogen-bond acceptors (Lipinski definition) is 5. The SMILES string of the molecule is COCCNC(=O)C(=O)NNC(=O)[C@H](C)Oc1ccc(Cl)cc1Cl. The standard InChI is InChI=1S/C14H17Cl2N3O5/c1-8(24-11-4-3-9(15)7-10(11)16)12(20)18-19-14(22)13(21)17-5-6-23-2/h3-4,7-8H,5-6H2,1-2H3,(H,17,21)(H,18,20)(H,19,22)/t8-/m0/s1. The highest BCUT2D eigenvalue weighted by atomic mass is 35.5. The Morgan fingerprint density at radius 1 is 1.17 bits per heavy atom. The van der Waals surface area contributed by atoms with Crippen LogP contribution < -0.4 is 20.9 Å². The van der Waals surface area contributed by atoms with Crippen molar-refractivity contribution in [2.45, 2.75) is 13.0 Å². The smallest absolute Gasteiger partial charge is 0.327 e. The molecule has 0 aliphatic carbocycles. The second-order valence-electron chi connectivity index (χ2n) is 4.53. The number of benzene rings is 1. The van der Waals surface area contributed by atoms with E-state index < -0.39 is 23.8 Å². The van der Waals surface area contributed by atoms with E-state index in [9.17, 15) is 14.4 Å². The van der Waals surface area contributed by atoms with Crippen molar-refractivity contribution in [2.75, 3.05) is 20.3 Å². The maximum Gasteiger partial charge on any atom is 0.327 e. The van der Waals surface area contributed by atoms with E-state index in [0.29, 0.717) is 5.02 Å². The van der Waals surface area contributed by atoms with E-state index in [1.165, 1.54) is 26.2 Å². The van der Waals surface area contributed by atoms with E-state index >= 15 is 0 Å². The molecule has 10 heteroatoms. The summed E-state index contributed by atoms with van der Waals surface area (Å²) in [5.41, 5.74) is 4.05. The lowest BCUT2D eigenvalue weighted by Crippen LogP contribution is -2.51. The quantitative estimate of drug-likeness (QED) is 0.383. The van der Waals surface area contributed by atoms with Crippen LogP contribution in [0, 0.1) is 0 Å². The average Bonchev–Trinajstić information content (AvgIpc) is 2.54. The molecule has 0 aliphatic rings. The lowest BCUT2D eigenvalue weighted by atomic mass is 10.3. The summed E-state index contributed by atoms with van der Waals surface area (Å²) in [7, 11) is 1.46. The first-order chi connectivity index (χ1) is 11.3. The Bertz CT molecular complexity index is 612. The van der Waals surface area contributed by atoms with E-state index in [1.807, 2.05) is 5.43 Å².